The maximum absolute atomic E-state index is 12.3. The first kappa shape index (κ1) is 15.1. The molecule has 0 heterocycles. The minimum atomic E-state index is -0.567. The Labute approximate surface area is 135 Å². The average Bonchev–Trinajstić information content (AvgIpc) is 2.56. The Balaban J connectivity index is 1.71. The number of carbonyl (C=O) groups is 1. The fraction of sp³-hybridized carbons (Fsp3) is 0.150. The summed E-state index contributed by atoms with van der Waals surface area (Å²) in [5.41, 5.74) is 1.78. The second-order valence-corrected chi connectivity index (χ2v) is 5.58. The molecule has 0 spiro atoms. The molecule has 3 heteroatoms. The summed E-state index contributed by atoms with van der Waals surface area (Å²) < 4.78 is 5.75. The second kappa shape index (κ2) is 6.53. The van der Waals surface area contributed by atoms with Crippen LogP contribution in [0.2, 0.25) is 0 Å². The van der Waals surface area contributed by atoms with Crippen LogP contribution in [0.15, 0.2) is 66.7 Å². The Kier molecular flexibility index (Phi) is 4.29. The van der Waals surface area contributed by atoms with Crippen LogP contribution in [0.5, 0.6) is 5.75 Å². The van der Waals surface area contributed by atoms with Gasteiger partial charge in [0, 0.05) is 5.69 Å². The summed E-state index contributed by atoms with van der Waals surface area (Å²) in [6.07, 6.45) is -0.567. The molecule has 3 rings (SSSR count). The summed E-state index contributed by atoms with van der Waals surface area (Å²) in [7, 11) is 0. The summed E-state index contributed by atoms with van der Waals surface area (Å²) in [5.74, 6) is 0.567. The molecule has 0 fully saturated rings. The van der Waals surface area contributed by atoms with Crippen LogP contribution in [0.1, 0.15) is 12.5 Å². The monoisotopic (exact) mass is 305 g/mol. The summed E-state index contributed by atoms with van der Waals surface area (Å²) in [5, 5.41) is 5.15. The van der Waals surface area contributed by atoms with Crippen LogP contribution >= 0.6 is 0 Å². The van der Waals surface area contributed by atoms with Gasteiger partial charge < -0.3 is 10.1 Å². The van der Waals surface area contributed by atoms with Crippen molar-refractivity contribution in [1.29, 1.82) is 0 Å². The summed E-state index contributed by atoms with van der Waals surface area (Å²) >= 11 is 0. The van der Waals surface area contributed by atoms with Gasteiger partial charge >= 0.3 is 0 Å². The van der Waals surface area contributed by atoms with Crippen molar-refractivity contribution in [2.24, 2.45) is 0 Å². The zero-order valence-electron chi connectivity index (χ0n) is 13.2. The van der Waals surface area contributed by atoms with Gasteiger partial charge in [0.05, 0.1) is 0 Å². The highest BCUT2D eigenvalue weighted by Crippen LogP contribution is 2.20. The van der Waals surface area contributed by atoms with E-state index in [0.717, 1.165) is 27.8 Å². The lowest BCUT2D eigenvalue weighted by atomic mass is 10.1. The molecule has 116 valence electrons. The molecule has 0 saturated carbocycles. The van der Waals surface area contributed by atoms with Gasteiger partial charge in [0.15, 0.2) is 6.10 Å². The Morgan fingerprint density at radius 2 is 1.65 bits per heavy atom. The lowest BCUT2D eigenvalue weighted by molar-refractivity contribution is -0.122. The van der Waals surface area contributed by atoms with E-state index in [1.807, 2.05) is 73.7 Å². The highest BCUT2D eigenvalue weighted by molar-refractivity contribution is 5.96. The molecule has 0 aromatic heterocycles. The summed E-state index contributed by atoms with van der Waals surface area (Å²) in [4.78, 5) is 12.3. The normalized spacial score (nSPS) is 11.9. The third-order valence-corrected chi connectivity index (χ3v) is 3.78. The van der Waals surface area contributed by atoms with Crippen LogP contribution in [0, 0.1) is 6.92 Å². The highest BCUT2D eigenvalue weighted by atomic mass is 16.5. The molecule has 0 bridgehead atoms. The first-order chi connectivity index (χ1) is 11.1. The van der Waals surface area contributed by atoms with Gasteiger partial charge in [-0.05, 0) is 48.4 Å². The third kappa shape index (κ3) is 3.51. The van der Waals surface area contributed by atoms with Gasteiger partial charge in [-0.2, -0.15) is 0 Å². The second-order valence-electron chi connectivity index (χ2n) is 5.58. The zero-order chi connectivity index (χ0) is 16.2. The quantitative estimate of drug-likeness (QED) is 0.767. The molecule has 1 N–H and O–H groups in total. The standard InChI is InChI=1S/C20H19NO2/c1-14-7-3-6-10-19(14)23-15(2)20(22)21-18-12-11-16-8-4-5-9-17(16)13-18/h3-13,15H,1-2H3,(H,21,22)/t15-/m1/s1. The molecular weight excluding hydrogens is 286 g/mol. The number of carbonyl (C=O) groups excluding carboxylic acids is 1. The Morgan fingerprint density at radius 1 is 0.957 bits per heavy atom. The van der Waals surface area contributed by atoms with Crippen molar-refractivity contribution in [3.05, 3.63) is 72.3 Å². The predicted molar refractivity (Wildman–Crippen MR) is 93.8 cm³/mol. The van der Waals surface area contributed by atoms with Gasteiger partial charge in [-0.15, -0.1) is 0 Å². The van der Waals surface area contributed by atoms with E-state index >= 15 is 0 Å². The van der Waals surface area contributed by atoms with Gasteiger partial charge in [-0.1, -0.05) is 48.5 Å². The molecule has 0 aliphatic carbocycles. The molecule has 0 unspecified atom stereocenters. The number of benzene rings is 3. The first-order valence-electron chi connectivity index (χ1n) is 7.65. The highest BCUT2D eigenvalue weighted by Gasteiger charge is 2.15. The van der Waals surface area contributed by atoms with E-state index in [2.05, 4.69) is 5.32 Å². The van der Waals surface area contributed by atoms with Crippen LogP contribution in [0.3, 0.4) is 0 Å². The average molecular weight is 305 g/mol. The lowest BCUT2D eigenvalue weighted by Gasteiger charge is -2.16. The Bertz CT molecular complexity index is 842. The van der Waals surface area contributed by atoms with Gasteiger partial charge in [-0.3, -0.25) is 4.79 Å². The number of ether oxygens (including phenoxy) is 1. The molecule has 3 nitrogen and oxygen atoms in total. The van der Waals surface area contributed by atoms with Gasteiger partial charge in [0.25, 0.3) is 5.91 Å². The van der Waals surface area contributed by atoms with E-state index in [-0.39, 0.29) is 5.91 Å². The maximum Gasteiger partial charge on any atom is 0.265 e. The topological polar surface area (TPSA) is 38.3 Å². The number of fused-ring (bicyclic) bond motifs is 1. The molecule has 1 amide bonds. The fourth-order valence-electron chi connectivity index (χ4n) is 2.44. The zero-order valence-corrected chi connectivity index (χ0v) is 13.2. The van der Waals surface area contributed by atoms with Crippen LogP contribution in [-0.2, 0) is 4.79 Å². The van der Waals surface area contributed by atoms with Crippen LogP contribution < -0.4 is 10.1 Å². The lowest BCUT2D eigenvalue weighted by Crippen LogP contribution is -2.30. The van der Waals surface area contributed by atoms with Crippen LogP contribution in [-0.4, -0.2) is 12.0 Å². The van der Waals surface area contributed by atoms with Gasteiger partial charge in [0.1, 0.15) is 5.75 Å². The molecular formula is C20H19NO2. The number of rotatable bonds is 4. The number of nitrogens with one attached hydrogen (secondary N) is 1. The number of hydrogen-bond donors (Lipinski definition) is 1. The predicted octanol–water partition coefficient (Wildman–Crippen LogP) is 4.55. The Morgan fingerprint density at radius 3 is 2.43 bits per heavy atom. The number of para-hydroxylation sites is 1. The van der Waals surface area contributed by atoms with Crippen LogP contribution in [0.25, 0.3) is 10.8 Å². The minimum absolute atomic E-state index is 0.163. The number of aryl methyl sites for hydroxylation is 1. The molecule has 3 aromatic carbocycles. The summed E-state index contributed by atoms with van der Waals surface area (Å²) in [6.45, 7) is 3.71. The summed E-state index contributed by atoms with van der Waals surface area (Å²) in [6, 6.07) is 21.6. The first-order valence-corrected chi connectivity index (χ1v) is 7.65. The number of anilines is 1. The van der Waals surface area contributed by atoms with E-state index in [0.29, 0.717) is 0 Å². The van der Waals surface area contributed by atoms with Crippen LogP contribution in [0.4, 0.5) is 5.69 Å². The Hall–Kier alpha value is -2.81. The van der Waals surface area contributed by atoms with Crippen molar-refractivity contribution in [2.75, 3.05) is 5.32 Å². The van der Waals surface area contributed by atoms with E-state index in [4.69, 9.17) is 4.74 Å². The van der Waals surface area contributed by atoms with E-state index in [1.165, 1.54) is 0 Å². The third-order valence-electron chi connectivity index (χ3n) is 3.78. The molecule has 0 radical (unpaired) electrons. The SMILES string of the molecule is Cc1ccccc1O[C@H](C)C(=O)Nc1ccc2ccccc2c1. The van der Waals surface area contributed by atoms with Crippen molar-refractivity contribution in [3.8, 4) is 5.75 Å². The van der Waals surface area contributed by atoms with E-state index in [1.54, 1.807) is 6.92 Å². The van der Waals surface area contributed by atoms with Crippen molar-refractivity contribution >= 4 is 22.4 Å². The maximum atomic E-state index is 12.3. The minimum Gasteiger partial charge on any atom is -0.481 e. The number of hydrogen-bond acceptors (Lipinski definition) is 2. The fourth-order valence-corrected chi connectivity index (χ4v) is 2.44. The molecule has 0 saturated heterocycles. The van der Waals surface area contributed by atoms with Crippen molar-refractivity contribution in [2.45, 2.75) is 20.0 Å². The van der Waals surface area contributed by atoms with Gasteiger partial charge in [0.2, 0.25) is 0 Å². The van der Waals surface area contributed by atoms with E-state index < -0.39 is 6.10 Å². The smallest absolute Gasteiger partial charge is 0.265 e. The van der Waals surface area contributed by atoms with Crippen molar-refractivity contribution < 1.29 is 9.53 Å². The molecule has 0 aliphatic rings. The van der Waals surface area contributed by atoms with Gasteiger partial charge in [-0.25, -0.2) is 0 Å². The molecule has 23 heavy (non-hydrogen) atoms. The molecule has 0 aliphatic heterocycles. The molecule has 1 atom stereocenters. The van der Waals surface area contributed by atoms with Crippen molar-refractivity contribution in [3.63, 3.8) is 0 Å². The molecule has 3 aromatic rings. The van der Waals surface area contributed by atoms with E-state index in [9.17, 15) is 4.79 Å². The van der Waals surface area contributed by atoms with Crippen molar-refractivity contribution in [1.82, 2.24) is 0 Å². The number of amides is 1. The largest absolute Gasteiger partial charge is 0.481 e.